The van der Waals surface area contributed by atoms with Gasteiger partial charge in [-0.15, -0.1) is 0 Å². The Morgan fingerprint density at radius 3 is 2.55 bits per heavy atom. The fourth-order valence-corrected chi connectivity index (χ4v) is 3.22. The largest absolute Gasteiger partial charge is 0.355 e. The number of benzene rings is 2. The number of hydrogen-bond donors (Lipinski definition) is 2. The van der Waals surface area contributed by atoms with Gasteiger partial charge in [-0.1, -0.05) is 36.8 Å². The zero-order valence-corrected chi connectivity index (χ0v) is 13.7. The molecule has 0 aliphatic carbocycles. The molecule has 0 unspecified atom stereocenters. The molecule has 3 rings (SSSR count). The van der Waals surface area contributed by atoms with Crippen molar-refractivity contribution in [2.45, 2.75) is 40.7 Å². The third-order valence-corrected chi connectivity index (χ3v) is 4.23. The first-order chi connectivity index (χ1) is 10.6. The smallest absolute Gasteiger partial charge is 0.0676 e. The van der Waals surface area contributed by atoms with Crippen LogP contribution in [-0.4, -0.2) is 5.71 Å². The van der Waals surface area contributed by atoms with Gasteiger partial charge in [0.05, 0.1) is 12.3 Å². The number of nitrogens with zero attached hydrogens (tertiary/aromatic N) is 1. The lowest BCUT2D eigenvalue weighted by Gasteiger charge is -2.22. The van der Waals surface area contributed by atoms with E-state index in [0.29, 0.717) is 0 Å². The van der Waals surface area contributed by atoms with E-state index in [1.807, 2.05) is 0 Å². The van der Waals surface area contributed by atoms with E-state index < -0.39 is 0 Å². The van der Waals surface area contributed by atoms with Crippen LogP contribution in [0.4, 0.5) is 11.4 Å². The number of anilines is 2. The Morgan fingerprint density at radius 2 is 1.86 bits per heavy atom. The van der Waals surface area contributed by atoms with E-state index in [-0.39, 0.29) is 0 Å². The summed E-state index contributed by atoms with van der Waals surface area (Å²) in [7, 11) is 0. The zero-order valence-electron chi connectivity index (χ0n) is 13.7. The van der Waals surface area contributed by atoms with Gasteiger partial charge in [0, 0.05) is 22.5 Å². The van der Waals surface area contributed by atoms with Crippen LogP contribution in [0.1, 0.15) is 41.2 Å². The monoisotopic (exact) mass is 293 g/mol. The average molecular weight is 293 g/mol. The molecule has 3 heteroatoms. The lowest BCUT2D eigenvalue weighted by atomic mass is 9.97. The number of rotatable bonds is 3. The number of hydrogen-bond acceptors (Lipinski definition) is 3. The normalized spacial score (nSPS) is 13.2. The summed E-state index contributed by atoms with van der Waals surface area (Å²) >= 11 is 0. The van der Waals surface area contributed by atoms with Crippen LogP contribution >= 0.6 is 0 Å². The van der Waals surface area contributed by atoms with Crippen LogP contribution in [0.5, 0.6) is 0 Å². The van der Waals surface area contributed by atoms with Gasteiger partial charge in [-0.2, -0.15) is 5.10 Å². The van der Waals surface area contributed by atoms with E-state index in [0.717, 1.165) is 18.7 Å². The topological polar surface area (TPSA) is 36.4 Å². The molecule has 0 fully saturated rings. The minimum atomic E-state index is 0.770. The first-order valence-corrected chi connectivity index (χ1v) is 7.86. The summed E-state index contributed by atoms with van der Waals surface area (Å²) in [5.74, 6) is 0. The molecule has 1 aliphatic rings. The van der Waals surface area contributed by atoms with E-state index >= 15 is 0 Å². The first kappa shape index (κ1) is 14.6. The minimum absolute atomic E-state index is 0.770. The van der Waals surface area contributed by atoms with Gasteiger partial charge in [-0.25, -0.2) is 0 Å². The molecule has 114 valence electrons. The van der Waals surface area contributed by atoms with Crippen LogP contribution in [0.2, 0.25) is 0 Å². The summed E-state index contributed by atoms with van der Waals surface area (Å²) in [6, 6.07) is 10.9. The summed E-state index contributed by atoms with van der Waals surface area (Å²) < 4.78 is 0. The Labute approximate surface area is 132 Å². The van der Waals surface area contributed by atoms with Gasteiger partial charge in [0.1, 0.15) is 0 Å². The Bertz CT molecular complexity index is 721. The lowest BCUT2D eigenvalue weighted by molar-refractivity contribution is 0.726. The molecule has 1 heterocycles. The second-order valence-electron chi connectivity index (χ2n) is 5.98. The highest BCUT2D eigenvalue weighted by atomic mass is 15.3. The molecule has 0 saturated heterocycles. The summed E-state index contributed by atoms with van der Waals surface area (Å²) in [4.78, 5) is 0. The van der Waals surface area contributed by atoms with Gasteiger partial charge >= 0.3 is 0 Å². The molecule has 22 heavy (non-hydrogen) atoms. The molecular formula is C19H23N3. The van der Waals surface area contributed by atoms with Crippen molar-refractivity contribution in [2.75, 3.05) is 5.32 Å². The fraction of sp³-hybridized carbons (Fsp3) is 0.316. The predicted molar refractivity (Wildman–Crippen MR) is 94.0 cm³/mol. The molecule has 2 aromatic rings. The molecule has 0 amide bonds. The van der Waals surface area contributed by atoms with Gasteiger partial charge in [0.2, 0.25) is 0 Å². The zero-order chi connectivity index (χ0) is 15.7. The Morgan fingerprint density at radius 1 is 1.14 bits per heavy atom. The minimum Gasteiger partial charge on any atom is -0.355 e. The van der Waals surface area contributed by atoms with E-state index in [9.17, 15) is 0 Å². The summed E-state index contributed by atoms with van der Waals surface area (Å²) in [6.45, 7) is 9.38. The first-order valence-electron chi connectivity index (χ1n) is 7.86. The number of hydrazone groups is 1. The van der Waals surface area contributed by atoms with Crippen LogP contribution in [0.25, 0.3) is 0 Å². The van der Waals surface area contributed by atoms with E-state index in [1.54, 1.807) is 0 Å². The SMILES string of the molecule is CCC1=NNCc2c(Nc3c(C)cc(C)cc3C)cccc21. The van der Waals surface area contributed by atoms with E-state index in [4.69, 9.17) is 0 Å². The van der Waals surface area contributed by atoms with Crippen molar-refractivity contribution in [3.63, 3.8) is 0 Å². The second kappa shape index (κ2) is 5.84. The van der Waals surface area contributed by atoms with Gasteiger partial charge < -0.3 is 10.7 Å². The maximum absolute atomic E-state index is 4.42. The maximum atomic E-state index is 4.42. The fourth-order valence-electron chi connectivity index (χ4n) is 3.22. The third kappa shape index (κ3) is 2.59. The highest BCUT2D eigenvalue weighted by molar-refractivity contribution is 6.03. The summed E-state index contributed by atoms with van der Waals surface area (Å²) in [6.07, 6.45) is 0.937. The number of aryl methyl sites for hydroxylation is 3. The average Bonchev–Trinajstić information content (AvgIpc) is 2.50. The summed E-state index contributed by atoms with van der Waals surface area (Å²) in [5.41, 5.74) is 13.1. The van der Waals surface area contributed by atoms with Gasteiger partial charge in [0.15, 0.2) is 0 Å². The summed E-state index contributed by atoms with van der Waals surface area (Å²) in [5, 5.41) is 8.07. The highest BCUT2D eigenvalue weighted by Crippen LogP contribution is 2.30. The van der Waals surface area contributed by atoms with Crippen LogP contribution < -0.4 is 10.7 Å². The number of nitrogens with one attached hydrogen (secondary N) is 2. The molecule has 0 saturated carbocycles. The molecule has 1 aliphatic heterocycles. The van der Waals surface area contributed by atoms with Crippen molar-refractivity contribution in [3.8, 4) is 0 Å². The van der Waals surface area contributed by atoms with Crippen molar-refractivity contribution >= 4 is 17.1 Å². The molecule has 0 spiro atoms. The van der Waals surface area contributed by atoms with Gasteiger partial charge in [-0.05, 0) is 44.4 Å². The highest BCUT2D eigenvalue weighted by Gasteiger charge is 2.16. The van der Waals surface area contributed by atoms with Crippen molar-refractivity contribution in [1.29, 1.82) is 0 Å². The molecule has 0 bridgehead atoms. The van der Waals surface area contributed by atoms with Crippen LogP contribution in [-0.2, 0) is 6.54 Å². The van der Waals surface area contributed by atoms with Crippen molar-refractivity contribution < 1.29 is 0 Å². The Balaban J connectivity index is 2.03. The second-order valence-corrected chi connectivity index (χ2v) is 5.98. The Hall–Kier alpha value is -2.29. The van der Waals surface area contributed by atoms with E-state index in [2.05, 4.69) is 73.9 Å². The van der Waals surface area contributed by atoms with Crippen molar-refractivity contribution in [2.24, 2.45) is 5.10 Å². The van der Waals surface area contributed by atoms with Crippen molar-refractivity contribution in [3.05, 3.63) is 58.1 Å². The molecule has 0 atom stereocenters. The van der Waals surface area contributed by atoms with Crippen LogP contribution in [0.3, 0.4) is 0 Å². The third-order valence-electron chi connectivity index (χ3n) is 4.23. The standard InChI is InChI=1S/C19H23N3/c1-5-17-15-7-6-8-18(16(15)11-20-22-17)21-19-13(3)9-12(2)10-14(19)4/h6-10,20-21H,5,11H2,1-4H3. The number of fused-ring (bicyclic) bond motifs is 1. The van der Waals surface area contributed by atoms with Gasteiger partial charge in [-0.3, -0.25) is 0 Å². The van der Waals surface area contributed by atoms with Crippen LogP contribution in [0, 0.1) is 20.8 Å². The molecule has 0 aromatic heterocycles. The van der Waals surface area contributed by atoms with Gasteiger partial charge in [0.25, 0.3) is 0 Å². The molecule has 2 aromatic carbocycles. The lowest BCUT2D eigenvalue weighted by Crippen LogP contribution is -2.21. The molecule has 2 N–H and O–H groups in total. The quantitative estimate of drug-likeness (QED) is 0.869. The Kier molecular flexibility index (Phi) is 3.88. The van der Waals surface area contributed by atoms with Crippen molar-refractivity contribution in [1.82, 2.24) is 5.43 Å². The van der Waals surface area contributed by atoms with Crippen LogP contribution in [0.15, 0.2) is 35.4 Å². The molecule has 0 radical (unpaired) electrons. The molecular weight excluding hydrogens is 270 g/mol. The molecule has 3 nitrogen and oxygen atoms in total. The maximum Gasteiger partial charge on any atom is 0.0676 e. The van der Waals surface area contributed by atoms with E-state index in [1.165, 1.54) is 39.2 Å². The predicted octanol–water partition coefficient (Wildman–Crippen LogP) is 4.57.